The molecule has 0 saturated carbocycles. The summed E-state index contributed by atoms with van der Waals surface area (Å²) in [6.07, 6.45) is 0. The molecule has 1 aromatic heterocycles. The molecule has 0 fully saturated rings. The fraction of sp³-hybridized carbons (Fsp3) is 0.176. The summed E-state index contributed by atoms with van der Waals surface area (Å²) in [4.78, 5) is 1.31. The second kappa shape index (κ2) is 5.96. The molecular formula is C17H16ClNS. The van der Waals surface area contributed by atoms with Gasteiger partial charge < -0.3 is 5.32 Å². The Hall–Kier alpha value is -1.35. The Bertz CT molecular complexity index is 687. The molecule has 0 radical (unpaired) electrons. The molecule has 0 aliphatic heterocycles. The van der Waals surface area contributed by atoms with Crippen molar-refractivity contribution in [1.82, 2.24) is 5.32 Å². The van der Waals surface area contributed by atoms with Crippen molar-refractivity contribution in [3.05, 3.63) is 70.1 Å². The maximum absolute atomic E-state index is 6.37. The van der Waals surface area contributed by atoms with Crippen LogP contribution in [0.1, 0.15) is 23.4 Å². The third-order valence-corrected chi connectivity index (χ3v) is 4.88. The quantitative estimate of drug-likeness (QED) is 0.693. The van der Waals surface area contributed by atoms with Crippen molar-refractivity contribution in [2.45, 2.75) is 13.0 Å². The number of thiophene rings is 1. The first kappa shape index (κ1) is 13.6. The molecule has 1 nitrogen and oxygen atoms in total. The molecule has 3 rings (SSSR count). The molecule has 3 heteroatoms. The van der Waals surface area contributed by atoms with Gasteiger partial charge in [0.2, 0.25) is 0 Å². The average Bonchev–Trinajstić information content (AvgIpc) is 2.89. The summed E-state index contributed by atoms with van der Waals surface area (Å²) in [6, 6.07) is 19.0. The Labute approximate surface area is 128 Å². The van der Waals surface area contributed by atoms with Crippen molar-refractivity contribution < 1.29 is 0 Å². The predicted molar refractivity (Wildman–Crippen MR) is 88.8 cm³/mol. The standard InChI is InChI=1S/C17H16ClNS/c1-2-19-17(13-8-4-5-9-14(13)18)16-11-12-7-3-6-10-15(12)20-16/h3-11,17,19H,2H2,1H3. The van der Waals surface area contributed by atoms with Gasteiger partial charge in [-0.3, -0.25) is 0 Å². The number of hydrogen-bond donors (Lipinski definition) is 1. The summed E-state index contributed by atoms with van der Waals surface area (Å²) < 4.78 is 1.32. The zero-order chi connectivity index (χ0) is 13.9. The fourth-order valence-electron chi connectivity index (χ4n) is 2.42. The normalized spacial score (nSPS) is 12.7. The van der Waals surface area contributed by atoms with E-state index in [1.807, 2.05) is 29.5 Å². The number of rotatable bonds is 4. The van der Waals surface area contributed by atoms with Gasteiger partial charge in [0.1, 0.15) is 0 Å². The maximum atomic E-state index is 6.37. The highest BCUT2D eigenvalue weighted by atomic mass is 35.5. The highest BCUT2D eigenvalue weighted by Gasteiger charge is 2.17. The largest absolute Gasteiger partial charge is 0.306 e. The van der Waals surface area contributed by atoms with E-state index in [9.17, 15) is 0 Å². The highest BCUT2D eigenvalue weighted by molar-refractivity contribution is 7.19. The lowest BCUT2D eigenvalue weighted by atomic mass is 10.0. The van der Waals surface area contributed by atoms with E-state index in [4.69, 9.17) is 11.6 Å². The monoisotopic (exact) mass is 301 g/mol. The molecule has 20 heavy (non-hydrogen) atoms. The van der Waals surface area contributed by atoms with Crippen LogP contribution in [0.3, 0.4) is 0 Å². The molecule has 1 heterocycles. The number of fused-ring (bicyclic) bond motifs is 1. The summed E-state index contributed by atoms with van der Waals surface area (Å²) in [5.41, 5.74) is 1.14. The minimum atomic E-state index is 0.158. The lowest BCUT2D eigenvalue weighted by Gasteiger charge is -2.18. The van der Waals surface area contributed by atoms with E-state index in [0.29, 0.717) is 0 Å². The Morgan fingerprint density at radius 1 is 1.10 bits per heavy atom. The van der Waals surface area contributed by atoms with Crippen LogP contribution in [-0.2, 0) is 0 Å². The molecule has 2 aromatic carbocycles. The molecule has 1 unspecified atom stereocenters. The molecule has 0 saturated heterocycles. The van der Waals surface area contributed by atoms with Crippen LogP contribution in [0.5, 0.6) is 0 Å². The van der Waals surface area contributed by atoms with E-state index in [-0.39, 0.29) is 6.04 Å². The van der Waals surface area contributed by atoms with Crippen LogP contribution in [0.4, 0.5) is 0 Å². The van der Waals surface area contributed by atoms with Gasteiger partial charge in [-0.25, -0.2) is 0 Å². The van der Waals surface area contributed by atoms with E-state index >= 15 is 0 Å². The van der Waals surface area contributed by atoms with Crippen molar-refractivity contribution in [2.75, 3.05) is 6.54 Å². The maximum Gasteiger partial charge on any atom is 0.0685 e. The molecule has 0 amide bonds. The van der Waals surface area contributed by atoms with Crippen LogP contribution in [0.15, 0.2) is 54.6 Å². The minimum absolute atomic E-state index is 0.158. The van der Waals surface area contributed by atoms with Crippen LogP contribution in [0.2, 0.25) is 5.02 Å². The third kappa shape index (κ3) is 2.59. The Morgan fingerprint density at radius 3 is 2.60 bits per heavy atom. The lowest BCUT2D eigenvalue weighted by molar-refractivity contribution is 0.640. The number of nitrogens with one attached hydrogen (secondary N) is 1. The molecule has 1 N–H and O–H groups in total. The van der Waals surface area contributed by atoms with Crippen LogP contribution in [-0.4, -0.2) is 6.54 Å². The fourth-order valence-corrected chi connectivity index (χ4v) is 3.83. The predicted octanol–water partition coefficient (Wildman–Crippen LogP) is 5.25. The first-order valence-electron chi connectivity index (χ1n) is 6.76. The van der Waals surface area contributed by atoms with Crippen molar-refractivity contribution in [3.8, 4) is 0 Å². The Kier molecular flexibility index (Phi) is 4.06. The second-order valence-corrected chi connectivity index (χ2v) is 6.22. The van der Waals surface area contributed by atoms with E-state index in [2.05, 4.69) is 48.6 Å². The van der Waals surface area contributed by atoms with Gasteiger partial charge in [-0.2, -0.15) is 0 Å². The van der Waals surface area contributed by atoms with Gasteiger partial charge >= 0.3 is 0 Å². The lowest BCUT2D eigenvalue weighted by Crippen LogP contribution is -2.21. The van der Waals surface area contributed by atoms with Gasteiger partial charge in [-0.05, 0) is 35.7 Å². The number of hydrogen-bond acceptors (Lipinski definition) is 2. The average molecular weight is 302 g/mol. The van der Waals surface area contributed by atoms with Crippen molar-refractivity contribution in [3.63, 3.8) is 0 Å². The Morgan fingerprint density at radius 2 is 1.85 bits per heavy atom. The van der Waals surface area contributed by atoms with E-state index in [0.717, 1.165) is 17.1 Å². The smallest absolute Gasteiger partial charge is 0.0685 e. The van der Waals surface area contributed by atoms with Gasteiger partial charge in [0.25, 0.3) is 0 Å². The zero-order valence-electron chi connectivity index (χ0n) is 11.3. The van der Waals surface area contributed by atoms with Crippen molar-refractivity contribution >= 4 is 33.0 Å². The summed E-state index contributed by atoms with van der Waals surface area (Å²) in [5.74, 6) is 0. The molecule has 1 atom stereocenters. The van der Waals surface area contributed by atoms with Crippen LogP contribution in [0, 0.1) is 0 Å². The minimum Gasteiger partial charge on any atom is -0.306 e. The zero-order valence-corrected chi connectivity index (χ0v) is 12.8. The second-order valence-electron chi connectivity index (χ2n) is 4.70. The van der Waals surface area contributed by atoms with Gasteiger partial charge in [0.15, 0.2) is 0 Å². The molecule has 0 aliphatic rings. The van der Waals surface area contributed by atoms with E-state index in [1.165, 1.54) is 15.0 Å². The van der Waals surface area contributed by atoms with Crippen LogP contribution < -0.4 is 5.32 Å². The summed E-state index contributed by atoms with van der Waals surface area (Å²) in [5, 5.41) is 5.65. The van der Waals surface area contributed by atoms with E-state index < -0.39 is 0 Å². The molecular weight excluding hydrogens is 286 g/mol. The first-order valence-corrected chi connectivity index (χ1v) is 7.95. The molecule has 0 spiro atoms. The van der Waals surface area contributed by atoms with Gasteiger partial charge in [0, 0.05) is 14.6 Å². The topological polar surface area (TPSA) is 12.0 Å². The van der Waals surface area contributed by atoms with Crippen LogP contribution >= 0.6 is 22.9 Å². The summed E-state index contributed by atoms with van der Waals surface area (Å²) in [6.45, 7) is 3.03. The van der Waals surface area contributed by atoms with Crippen molar-refractivity contribution in [2.24, 2.45) is 0 Å². The molecule has 3 aromatic rings. The van der Waals surface area contributed by atoms with E-state index in [1.54, 1.807) is 0 Å². The summed E-state index contributed by atoms with van der Waals surface area (Å²) >= 11 is 8.20. The Balaban J connectivity index is 2.08. The summed E-state index contributed by atoms with van der Waals surface area (Å²) in [7, 11) is 0. The third-order valence-electron chi connectivity index (χ3n) is 3.35. The van der Waals surface area contributed by atoms with Gasteiger partial charge in [-0.15, -0.1) is 11.3 Å². The molecule has 0 aliphatic carbocycles. The van der Waals surface area contributed by atoms with Crippen LogP contribution in [0.25, 0.3) is 10.1 Å². The number of halogens is 1. The SMILES string of the molecule is CCNC(c1cc2ccccc2s1)c1ccccc1Cl. The highest BCUT2D eigenvalue weighted by Crippen LogP contribution is 2.35. The number of benzene rings is 2. The molecule has 102 valence electrons. The first-order chi connectivity index (χ1) is 9.79. The van der Waals surface area contributed by atoms with Gasteiger partial charge in [0.05, 0.1) is 6.04 Å². The molecule has 0 bridgehead atoms. The van der Waals surface area contributed by atoms with Crippen molar-refractivity contribution in [1.29, 1.82) is 0 Å². The van der Waals surface area contributed by atoms with Gasteiger partial charge in [-0.1, -0.05) is 54.9 Å².